The third-order valence-electron chi connectivity index (χ3n) is 2.82. The molecule has 6 heteroatoms. The average Bonchev–Trinajstić information content (AvgIpc) is 2.89. The molecule has 3 N–H and O–H groups in total. The zero-order valence-electron chi connectivity index (χ0n) is 10.5. The number of primary sulfonamides is 1. The molecule has 0 spiro atoms. The quantitative estimate of drug-likeness (QED) is 0.891. The van der Waals surface area contributed by atoms with Gasteiger partial charge in [0.15, 0.2) is 0 Å². The molecule has 1 heterocycles. The van der Waals surface area contributed by atoms with E-state index in [9.17, 15) is 8.42 Å². The van der Waals surface area contributed by atoms with Crippen LogP contribution in [0.2, 0.25) is 0 Å². The van der Waals surface area contributed by atoms with Gasteiger partial charge in [0.2, 0.25) is 10.0 Å². The Morgan fingerprint density at radius 2 is 1.95 bits per heavy atom. The number of nitrogens with one attached hydrogen (secondary N) is 1. The molecule has 0 fully saturated rings. The number of hydrogen-bond donors (Lipinski definition) is 2. The van der Waals surface area contributed by atoms with E-state index in [-0.39, 0.29) is 10.9 Å². The summed E-state index contributed by atoms with van der Waals surface area (Å²) in [5.74, 6) is 0. The molecule has 0 aliphatic heterocycles. The summed E-state index contributed by atoms with van der Waals surface area (Å²) >= 11 is 1.70. The molecule has 0 aliphatic rings. The van der Waals surface area contributed by atoms with Gasteiger partial charge in [-0.2, -0.15) is 0 Å². The molecule has 2 aromatic rings. The first-order valence-electron chi connectivity index (χ1n) is 5.93. The van der Waals surface area contributed by atoms with E-state index in [2.05, 4.69) is 18.3 Å². The van der Waals surface area contributed by atoms with Gasteiger partial charge in [-0.15, -0.1) is 11.3 Å². The van der Waals surface area contributed by atoms with Crippen LogP contribution < -0.4 is 10.5 Å². The molecule has 1 atom stereocenters. The predicted molar refractivity (Wildman–Crippen MR) is 78.8 cm³/mol. The number of anilines is 1. The van der Waals surface area contributed by atoms with Crippen LogP contribution in [0, 0.1) is 0 Å². The van der Waals surface area contributed by atoms with E-state index in [0.717, 1.165) is 12.1 Å². The first-order chi connectivity index (χ1) is 9.00. The normalized spacial score (nSPS) is 13.2. The third-order valence-corrected chi connectivity index (χ3v) is 4.73. The van der Waals surface area contributed by atoms with E-state index in [1.54, 1.807) is 23.5 Å². The largest absolute Gasteiger partial charge is 0.377 e. The summed E-state index contributed by atoms with van der Waals surface area (Å²) < 4.78 is 22.3. The Morgan fingerprint density at radius 1 is 1.26 bits per heavy atom. The lowest BCUT2D eigenvalue weighted by atomic mass is 10.1. The van der Waals surface area contributed by atoms with Gasteiger partial charge in [-0.3, -0.25) is 0 Å². The first-order valence-corrected chi connectivity index (χ1v) is 8.36. The average molecular weight is 296 g/mol. The molecule has 0 radical (unpaired) electrons. The van der Waals surface area contributed by atoms with E-state index in [1.807, 2.05) is 11.4 Å². The molecule has 1 aromatic carbocycles. The Balaban J connectivity index is 2.15. The molecular formula is C13H16N2O2S2. The fraction of sp³-hybridized carbons (Fsp3) is 0.231. The summed E-state index contributed by atoms with van der Waals surface area (Å²) in [5, 5.41) is 10.5. The van der Waals surface area contributed by atoms with E-state index in [4.69, 9.17) is 5.14 Å². The molecule has 4 nitrogen and oxygen atoms in total. The van der Waals surface area contributed by atoms with Crippen molar-refractivity contribution in [3.63, 3.8) is 0 Å². The van der Waals surface area contributed by atoms with Crippen LogP contribution in [0.15, 0.2) is 46.7 Å². The number of benzene rings is 1. The molecule has 0 amide bonds. The van der Waals surface area contributed by atoms with Crippen LogP contribution >= 0.6 is 11.3 Å². The molecule has 0 saturated heterocycles. The van der Waals surface area contributed by atoms with Crippen LogP contribution in [0.5, 0.6) is 0 Å². The van der Waals surface area contributed by atoms with Crippen molar-refractivity contribution in [3.8, 4) is 0 Å². The van der Waals surface area contributed by atoms with Crippen molar-refractivity contribution in [2.24, 2.45) is 5.14 Å². The van der Waals surface area contributed by atoms with Gasteiger partial charge < -0.3 is 5.32 Å². The fourth-order valence-electron chi connectivity index (χ4n) is 1.81. The number of hydrogen-bond acceptors (Lipinski definition) is 4. The highest BCUT2D eigenvalue weighted by molar-refractivity contribution is 7.89. The van der Waals surface area contributed by atoms with Crippen molar-refractivity contribution in [1.29, 1.82) is 0 Å². The zero-order chi connectivity index (χ0) is 13.9. The van der Waals surface area contributed by atoms with Crippen molar-refractivity contribution >= 4 is 27.0 Å². The number of thiophene rings is 1. The Hall–Kier alpha value is -1.37. The lowest BCUT2D eigenvalue weighted by molar-refractivity contribution is 0.598. The number of nitrogens with two attached hydrogens (primary N) is 1. The SMILES string of the molecule is CCC(Nc1ccc(S(N)(=O)=O)cc1)c1cccs1. The maximum atomic E-state index is 11.2. The van der Waals surface area contributed by atoms with Crippen LogP contribution in [0.4, 0.5) is 5.69 Å². The zero-order valence-corrected chi connectivity index (χ0v) is 12.2. The molecule has 102 valence electrons. The first kappa shape index (κ1) is 14.0. The van der Waals surface area contributed by atoms with E-state index in [0.29, 0.717) is 0 Å². The minimum absolute atomic E-state index is 0.127. The minimum atomic E-state index is -3.62. The fourth-order valence-corrected chi connectivity index (χ4v) is 3.18. The second kappa shape index (κ2) is 5.73. The number of sulfonamides is 1. The molecule has 0 saturated carbocycles. The highest BCUT2D eigenvalue weighted by atomic mass is 32.2. The second-order valence-electron chi connectivity index (χ2n) is 4.19. The number of rotatable bonds is 5. The maximum absolute atomic E-state index is 11.2. The van der Waals surface area contributed by atoms with E-state index >= 15 is 0 Å². The second-order valence-corrected chi connectivity index (χ2v) is 6.73. The topological polar surface area (TPSA) is 72.2 Å². The van der Waals surface area contributed by atoms with Crippen molar-refractivity contribution in [2.75, 3.05) is 5.32 Å². The molecular weight excluding hydrogens is 280 g/mol. The lowest BCUT2D eigenvalue weighted by Crippen LogP contribution is -2.12. The summed E-state index contributed by atoms with van der Waals surface area (Å²) in [5.41, 5.74) is 0.882. The van der Waals surface area contributed by atoms with Crippen LogP contribution in [-0.4, -0.2) is 8.42 Å². The van der Waals surface area contributed by atoms with Crippen molar-refractivity contribution in [3.05, 3.63) is 46.7 Å². The van der Waals surface area contributed by atoms with Crippen LogP contribution in [0.25, 0.3) is 0 Å². The van der Waals surface area contributed by atoms with Crippen LogP contribution in [0.1, 0.15) is 24.3 Å². The molecule has 19 heavy (non-hydrogen) atoms. The van der Waals surface area contributed by atoms with Gasteiger partial charge >= 0.3 is 0 Å². The smallest absolute Gasteiger partial charge is 0.238 e. The Kier molecular flexibility index (Phi) is 4.24. The Bertz CT molecular complexity index is 619. The van der Waals surface area contributed by atoms with Gasteiger partial charge in [-0.05, 0) is 42.1 Å². The Morgan fingerprint density at radius 3 is 2.42 bits per heavy atom. The van der Waals surface area contributed by atoms with Crippen LogP contribution in [0.3, 0.4) is 0 Å². The lowest BCUT2D eigenvalue weighted by Gasteiger charge is -2.17. The monoisotopic (exact) mass is 296 g/mol. The van der Waals surface area contributed by atoms with Crippen molar-refractivity contribution in [1.82, 2.24) is 0 Å². The Labute approximate surface area is 117 Å². The standard InChI is InChI=1S/C13H16N2O2S2/c1-2-12(13-4-3-9-18-13)15-10-5-7-11(8-6-10)19(14,16)17/h3-9,12,15H,2H2,1H3,(H2,14,16,17). The predicted octanol–water partition coefficient (Wildman–Crippen LogP) is 2.96. The van der Waals surface area contributed by atoms with Gasteiger partial charge in [0.25, 0.3) is 0 Å². The van der Waals surface area contributed by atoms with Gasteiger partial charge in [-0.1, -0.05) is 13.0 Å². The summed E-state index contributed by atoms with van der Waals surface area (Å²) in [6.07, 6.45) is 0.956. The van der Waals surface area contributed by atoms with Gasteiger partial charge in [0.1, 0.15) is 0 Å². The van der Waals surface area contributed by atoms with E-state index < -0.39 is 10.0 Å². The highest BCUT2D eigenvalue weighted by Gasteiger charge is 2.11. The van der Waals surface area contributed by atoms with Crippen molar-refractivity contribution < 1.29 is 8.42 Å². The summed E-state index contributed by atoms with van der Waals surface area (Å²) in [6, 6.07) is 10.8. The third kappa shape index (κ3) is 3.56. The van der Waals surface area contributed by atoms with Crippen LogP contribution in [-0.2, 0) is 10.0 Å². The minimum Gasteiger partial charge on any atom is -0.377 e. The van der Waals surface area contributed by atoms with Crippen molar-refractivity contribution in [2.45, 2.75) is 24.3 Å². The molecule has 0 bridgehead atoms. The van der Waals surface area contributed by atoms with E-state index in [1.165, 1.54) is 17.0 Å². The molecule has 1 aromatic heterocycles. The summed E-state index contributed by atoms with van der Waals surface area (Å²) in [7, 11) is -3.62. The summed E-state index contributed by atoms with van der Waals surface area (Å²) in [4.78, 5) is 1.39. The summed E-state index contributed by atoms with van der Waals surface area (Å²) in [6.45, 7) is 2.11. The van der Waals surface area contributed by atoms with Gasteiger partial charge in [0.05, 0.1) is 10.9 Å². The molecule has 2 rings (SSSR count). The molecule has 0 aliphatic carbocycles. The highest BCUT2D eigenvalue weighted by Crippen LogP contribution is 2.26. The molecule has 1 unspecified atom stereocenters. The maximum Gasteiger partial charge on any atom is 0.238 e. The van der Waals surface area contributed by atoms with Gasteiger partial charge in [0, 0.05) is 10.6 Å². The van der Waals surface area contributed by atoms with Gasteiger partial charge in [-0.25, -0.2) is 13.6 Å².